The van der Waals surface area contributed by atoms with Crippen molar-refractivity contribution in [3.8, 4) is 11.1 Å². The van der Waals surface area contributed by atoms with Crippen molar-refractivity contribution in [3.05, 3.63) is 41.3 Å². The average Bonchev–Trinajstić information content (AvgIpc) is 3.08. The molecule has 0 bridgehead atoms. The molecule has 3 aromatic rings. The zero-order valence-corrected chi connectivity index (χ0v) is 15.3. The van der Waals surface area contributed by atoms with Crippen molar-refractivity contribution in [1.82, 2.24) is 19.6 Å². The van der Waals surface area contributed by atoms with Crippen LogP contribution in [0.2, 0.25) is 5.15 Å². The van der Waals surface area contributed by atoms with Gasteiger partial charge in [0.15, 0.2) is 0 Å². The third kappa shape index (κ3) is 3.22. The van der Waals surface area contributed by atoms with Crippen LogP contribution in [-0.2, 0) is 6.18 Å². The van der Waals surface area contributed by atoms with E-state index in [-0.39, 0.29) is 11.2 Å². The molecular weight excluding hydrogens is 379 g/mol. The molecule has 1 fully saturated rings. The van der Waals surface area contributed by atoms with Crippen LogP contribution < -0.4 is 4.90 Å². The summed E-state index contributed by atoms with van der Waals surface area (Å²) >= 11 is 6.43. The first-order valence-corrected chi connectivity index (χ1v) is 9.07. The maximum atomic E-state index is 13.2. The summed E-state index contributed by atoms with van der Waals surface area (Å²) in [4.78, 5) is 10.5. The Bertz CT molecular complexity index is 985. The van der Waals surface area contributed by atoms with E-state index in [1.807, 2.05) is 0 Å². The van der Waals surface area contributed by atoms with E-state index in [1.165, 1.54) is 12.4 Å². The minimum absolute atomic E-state index is 0.114. The molecule has 0 spiro atoms. The van der Waals surface area contributed by atoms with Crippen LogP contribution in [0.3, 0.4) is 0 Å². The monoisotopic (exact) mass is 395 g/mol. The van der Waals surface area contributed by atoms with E-state index in [0.717, 1.165) is 37.9 Å². The van der Waals surface area contributed by atoms with Crippen LogP contribution in [0.1, 0.15) is 31.7 Å². The first kappa shape index (κ1) is 18.0. The minimum atomic E-state index is -4.44. The summed E-state index contributed by atoms with van der Waals surface area (Å²) in [6, 6.07) is 5.34. The van der Waals surface area contributed by atoms with E-state index in [1.54, 1.807) is 10.6 Å². The fourth-order valence-electron chi connectivity index (χ4n) is 3.58. The topological polar surface area (TPSA) is 46.3 Å². The maximum absolute atomic E-state index is 13.2. The summed E-state index contributed by atoms with van der Waals surface area (Å²) in [5.74, 6) is 0.956. The van der Waals surface area contributed by atoms with Crippen molar-refractivity contribution >= 4 is 23.2 Å². The summed E-state index contributed by atoms with van der Waals surface area (Å²) in [5.41, 5.74) is 0.0643. The molecule has 0 radical (unpaired) electrons. The van der Waals surface area contributed by atoms with Gasteiger partial charge in [-0.25, -0.2) is 0 Å². The van der Waals surface area contributed by atoms with E-state index in [4.69, 9.17) is 11.6 Å². The lowest BCUT2D eigenvalue weighted by Gasteiger charge is -2.36. The fraction of sp³-hybridized carbons (Fsp3) is 0.389. The standard InChI is InChI=1S/C18H17ClF3N5/c1-11-5-2-3-8-26(11)16-14(15(19)25-17-23-10-24-27(16)17)12-6-4-7-13(9-12)18(20,21)22/h4,6-7,9-11H,2-3,5,8H2,1H3. The van der Waals surface area contributed by atoms with Crippen LogP contribution in [0.15, 0.2) is 30.6 Å². The largest absolute Gasteiger partial charge is 0.416 e. The van der Waals surface area contributed by atoms with Crippen LogP contribution in [0.4, 0.5) is 19.0 Å². The van der Waals surface area contributed by atoms with Crippen molar-refractivity contribution < 1.29 is 13.2 Å². The zero-order valence-electron chi connectivity index (χ0n) is 14.5. The molecule has 0 aliphatic carbocycles. The van der Waals surface area contributed by atoms with Crippen molar-refractivity contribution in [2.24, 2.45) is 0 Å². The van der Waals surface area contributed by atoms with Gasteiger partial charge in [0.1, 0.15) is 17.3 Å². The van der Waals surface area contributed by atoms with Gasteiger partial charge in [-0.2, -0.15) is 32.8 Å². The summed E-state index contributed by atoms with van der Waals surface area (Å²) in [6.07, 6.45) is 0.00901. The van der Waals surface area contributed by atoms with Gasteiger partial charge in [0.25, 0.3) is 5.78 Å². The number of nitrogens with zero attached hydrogens (tertiary/aromatic N) is 5. The number of halogens is 4. The van der Waals surface area contributed by atoms with Gasteiger partial charge in [-0.1, -0.05) is 23.7 Å². The summed E-state index contributed by atoms with van der Waals surface area (Å²) in [5, 5.41) is 4.36. The van der Waals surface area contributed by atoms with Gasteiger partial charge in [-0.15, -0.1) is 0 Å². The lowest BCUT2D eigenvalue weighted by molar-refractivity contribution is -0.137. The Morgan fingerprint density at radius 3 is 2.78 bits per heavy atom. The Morgan fingerprint density at radius 2 is 2.04 bits per heavy atom. The molecule has 4 rings (SSSR count). The van der Waals surface area contributed by atoms with Crippen LogP contribution in [-0.4, -0.2) is 32.2 Å². The number of anilines is 1. The third-order valence-corrected chi connectivity index (χ3v) is 5.19. The SMILES string of the molecule is CC1CCCCN1c1c(-c2cccc(C(F)(F)F)c2)c(Cl)nc2ncnn12. The molecule has 1 atom stereocenters. The second-order valence-corrected chi connectivity index (χ2v) is 7.05. The molecule has 1 aromatic carbocycles. The van der Waals surface area contributed by atoms with Gasteiger partial charge in [0, 0.05) is 12.6 Å². The van der Waals surface area contributed by atoms with Crippen LogP contribution >= 0.6 is 11.6 Å². The zero-order chi connectivity index (χ0) is 19.2. The predicted octanol–water partition coefficient (Wildman–Crippen LogP) is 4.84. The molecule has 9 heteroatoms. The van der Waals surface area contributed by atoms with Crippen LogP contribution in [0.25, 0.3) is 16.9 Å². The Hall–Kier alpha value is -2.35. The summed E-state index contributed by atoms with van der Waals surface area (Å²) < 4.78 is 41.2. The lowest BCUT2D eigenvalue weighted by atomic mass is 10.00. The lowest BCUT2D eigenvalue weighted by Crippen LogP contribution is -2.39. The van der Waals surface area contributed by atoms with Crippen LogP contribution in [0, 0.1) is 0 Å². The molecule has 3 heterocycles. The van der Waals surface area contributed by atoms with Gasteiger partial charge < -0.3 is 4.90 Å². The Morgan fingerprint density at radius 1 is 1.22 bits per heavy atom. The number of benzene rings is 1. The van der Waals surface area contributed by atoms with Gasteiger partial charge >= 0.3 is 6.18 Å². The highest BCUT2D eigenvalue weighted by molar-refractivity contribution is 6.33. The second-order valence-electron chi connectivity index (χ2n) is 6.69. The van der Waals surface area contributed by atoms with Crippen molar-refractivity contribution in [3.63, 3.8) is 0 Å². The molecular formula is C18H17ClF3N5. The predicted molar refractivity (Wildman–Crippen MR) is 96.9 cm³/mol. The van der Waals surface area contributed by atoms with Gasteiger partial charge in [0.2, 0.25) is 0 Å². The Balaban J connectivity index is 1.98. The highest BCUT2D eigenvalue weighted by Gasteiger charge is 2.32. The molecule has 142 valence electrons. The highest BCUT2D eigenvalue weighted by atomic mass is 35.5. The maximum Gasteiger partial charge on any atom is 0.416 e. The van der Waals surface area contributed by atoms with E-state index in [9.17, 15) is 13.2 Å². The Kier molecular flexibility index (Phi) is 4.46. The highest BCUT2D eigenvalue weighted by Crippen LogP contribution is 2.40. The molecule has 0 N–H and O–H groups in total. The minimum Gasteiger partial charge on any atom is -0.353 e. The number of rotatable bonds is 2. The summed E-state index contributed by atoms with van der Waals surface area (Å²) in [6.45, 7) is 2.86. The van der Waals surface area contributed by atoms with Crippen LogP contribution in [0.5, 0.6) is 0 Å². The van der Waals surface area contributed by atoms with Crippen molar-refractivity contribution in [1.29, 1.82) is 0 Å². The van der Waals surface area contributed by atoms with E-state index in [0.29, 0.717) is 22.7 Å². The van der Waals surface area contributed by atoms with Crippen molar-refractivity contribution in [2.75, 3.05) is 11.4 Å². The molecule has 5 nitrogen and oxygen atoms in total. The number of alkyl halides is 3. The molecule has 1 aliphatic rings. The smallest absolute Gasteiger partial charge is 0.353 e. The molecule has 1 saturated heterocycles. The molecule has 0 amide bonds. The molecule has 0 saturated carbocycles. The normalized spacial score (nSPS) is 18.3. The quantitative estimate of drug-likeness (QED) is 0.582. The van der Waals surface area contributed by atoms with Gasteiger partial charge in [-0.05, 0) is 43.9 Å². The molecule has 1 unspecified atom stereocenters. The first-order chi connectivity index (χ1) is 12.9. The van der Waals surface area contributed by atoms with Gasteiger partial charge in [-0.3, -0.25) is 0 Å². The van der Waals surface area contributed by atoms with Crippen molar-refractivity contribution in [2.45, 2.75) is 38.4 Å². The Labute approximate surface area is 158 Å². The van der Waals surface area contributed by atoms with E-state index < -0.39 is 11.7 Å². The average molecular weight is 396 g/mol. The third-order valence-electron chi connectivity index (χ3n) is 4.91. The molecule has 27 heavy (non-hydrogen) atoms. The first-order valence-electron chi connectivity index (χ1n) is 8.70. The number of hydrogen-bond donors (Lipinski definition) is 0. The second kappa shape index (κ2) is 6.67. The fourth-order valence-corrected chi connectivity index (χ4v) is 3.85. The van der Waals surface area contributed by atoms with Gasteiger partial charge in [0.05, 0.1) is 11.1 Å². The van der Waals surface area contributed by atoms with E-state index >= 15 is 0 Å². The number of fused-ring (bicyclic) bond motifs is 1. The number of aromatic nitrogens is 4. The summed E-state index contributed by atoms with van der Waals surface area (Å²) in [7, 11) is 0. The van der Waals surface area contributed by atoms with E-state index in [2.05, 4.69) is 26.9 Å². The number of hydrogen-bond acceptors (Lipinski definition) is 4. The molecule has 1 aliphatic heterocycles. The molecule has 2 aromatic heterocycles. The number of piperidine rings is 1.